The lowest BCUT2D eigenvalue weighted by Crippen LogP contribution is -2.22. The van der Waals surface area contributed by atoms with Crippen molar-refractivity contribution in [1.29, 1.82) is 0 Å². The molecule has 0 saturated carbocycles. The minimum atomic E-state index is -0.187. The van der Waals surface area contributed by atoms with E-state index in [0.717, 1.165) is 17.5 Å². The molecule has 0 spiro atoms. The number of hydrogen-bond acceptors (Lipinski definition) is 5. The average Bonchev–Trinajstić information content (AvgIpc) is 3.13. The highest BCUT2D eigenvalue weighted by atomic mass is 32.1. The first-order valence-electron chi connectivity index (χ1n) is 8.06. The second-order valence-electron chi connectivity index (χ2n) is 5.55. The van der Waals surface area contributed by atoms with E-state index in [4.69, 9.17) is 0 Å². The highest BCUT2D eigenvalue weighted by Crippen LogP contribution is 2.20. The molecule has 0 fully saturated rings. The number of thiophene rings is 1. The van der Waals surface area contributed by atoms with Gasteiger partial charge in [-0.2, -0.15) is 0 Å². The molecule has 0 aliphatic heterocycles. The van der Waals surface area contributed by atoms with Crippen molar-refractivity contribution in [2.24, 2.45) is 0 Å². The fraction of sp³-hybridized carbons (Fsp3) is 0.100. The third-order valence-electron chi connectivity index (χ3n) is 3.67. The lowest BCUT2D eigenvalue weighted by molar-refractivity contribution is 0.0951. The van der Waals surface area contributed by atoms with Crippen molar-refractivity contribution in [2.75, 3.05) is 5.32 Å². The zero-order chi connectivity index (χ0) is 18.2. The van der Waals surface area contributed by atoms with Gasteiger partial charge in [-0.25, -0.2) is 9.78 Å². The maximum atomic E-state index is 12.2. The number of hydrogen-bond donors (Lipinski definition) is 2. The van der Waals surface area contributed by atoms with Crippen LogP contribution in [-0.2, 0) is 17.8 Å². The van der Waals surface area contributed by atoms with E-state index in [2.05, 4.69) is 33.8 Å². The minimum absolute atomic E-state index is 0.187. The summed E-state index contributed by atoms with van der Waals surface area (Å²) in [6, 6.07) is 17.7. The topological polar surface area (TPSA) is 71.1 Å². The van der Waals surface area contributed by atoms with Crippen LogP contribution in [-0.4, -0.2) is 16.8 Å². The van der Waals surface area contributed by atoms with Crippen LogP contribution >= 0.6 is 11.3 Å². The summed E-state index contributed by atoms with van der Waals surface area (Å²) in [5, 5.41) is 5.55. The number of amides is 1. The number of anilines is 1. The largest absolute Gasteiger partial charge is 0.347 e. The molecule has 3 rings (SSSR count). The van der Waals surface area contributed by atoms with Gasteiger partial charge in [0.2, 0.25) is 0 Å². The van der Waals surface area contributed by atoms with Gasteiger partial charge in [0, 0.05) is 22.4 Å². The average molecular weight is 363 g/mol. The van der Waals surface area contributed by atoms with E-state index in [1.807, 2.05) is 24.3 Å². The number of benzene rings is 1. The van der Waals surface area contributed by atoms with Crippen LogP contribution in [0.25, 0.3) is 0 Å². The predicted octanol–water partition coefficient (Wildman–Crippen LogP) is 3.42. The zero-order valence-corrected chi connectivity index (χ0v) is 14.8. The number of pyridine rings is 1. The molecule has 1 amide bonds. The number of carbonyl (C=O) groups is 1. The van der Waals surface area contributed by atoms with Gasteiger partial charge in [0.05, 0.1) is 18.3 Å². The third-order valence-corrected chi connectivity index (χ3v) is 4.75. The van der Waals surface area contributed by atoms with E-state index in [1.165, 1.54) is 16.6 Å². The van der Waals surface area contributed by atoms with Crippen molar-refractivity contribution in [1.82, 2.24) is 10.3 Å². The molecule has 0 atom stereocenters. The lowest BCUT2D eigenvalue weighted by atomic mass is 10.1. The Hall–Kier alpha value is -3.21. The molecule has 3 aromatic rings. The van der Waals surface area contributed by atoms with Crippen LogP contribution in [0.15, 0.2) is 67.0 Å². The first kappa shape index (κ1) is 17.6. The molecular weight excluding hydrogens is 346 g/mol. The Balaban J connectivity index is 1.54. The number of rotatable bonds is 7. The van der Waals surface area contributed by atoms with Gasteiger partial charge in [-0.1, -0.05) is 30.3 Å². The zero-order valence-electron chi connectivity index (χ0n) is 13.9. The molecule has 6 heteroatoms. The molecule has 2 heterocycles. The summed E-state index contributed by atoms with van der Waals surface area (Å²) in [5.41, 5.74) is 1.74. The van der Waals surface area contributed by atoms with Crippen LogP contribution < -0.4 is 10.6 Å². The highest BCUT2D eigenvalue weighted by Gasteiger charge is 2.07. The van der Waals surface area contributed by atoms with Crippen LogP contribution in [0.2, 0.25) is 0 Å². The van der Waals surface area contributed by atoms with Gasteiger partial charge >= 0.3 is 0 Å². The highest BCUT2D eigenvalue weighted by molar-refractivity contribution is 7.12. The Morgan fingerprint density at radius 3 is 2.62 bits per heavy atom. The SMILES string of the molecule is O=C=CNc1ccc(C(=O)NCc2ccc(Cc3ccccc3)s2)cn1. The summed E-state index contributed by atoms with van der Waals surface area (Å²) in [5.74, 6) is 1.90. The third kappa shape index (κ3) is 4.89. The monoisotopic (exact) mass is 363 g/mol. The van der Waals surface area contributed by atoms with Gasteiger partial charge in [0.15, 0.2) is 0 Å². The summed E-state index contributed by atoms with van der Waals surface area (Å²) in [6.45, 7) is 0.478. The molecule has 0 radical (unpaired) electrons. The Morgan fingerprint density at radius 2 is 1.88 bits per heavy atom. The van der Waals surface area contributed by atoms with Crippen molar-refractivity contribution >= 4 is 29.0 Å². The van der Waals surface area contributed by atoms with Crippen LogP contribution in [0.4, 0.5) is 5.82 Å². The van der Waals surface area contributed by atoms with E-state index in [0.29, 0.717) is 17.9 Å². The van der Waals surface area contributed by atoms with Gasteiger partial charge in [-0.3, -0.25) is 4.79 Å². The maximum absolute atomic E-state index is 12.2. The van der Waals surface area contributed by atoms with E-state index >= 15 is 0 Å². The Bertz CT molecular complexity index is 914. The smallest absolute Gasteiger partial charge is 0.253 e. The molecule has 26 heavy (non-hydrogen) atoms. The van der Waals surface area contributed by atoms with Crippen LogP contribution in [0, 0.1) is 0 Å². The van der Waals surface area contributed by atoms with Crippen LogP contribution in [0.1, 0.15) is 25.7 Å². The quantitative estimate of drug-likeness (QED) is 0.631. The van der Waals surface area contributed by atoms with Gasteiger partial charge in [0.1, 0.15) is 11.8 Å². The molecule has 130 valence electrons. The van der Waals surface area contributed by atoms with Crippen LogP contribution in [0.5, 0.6) is 0 Å². The molecule has 5 nitrogen and oxygen atoms in total. The normalized spacial score (nSPS) is 10.0. The van der Waals surface area contributed by atoms with Crippen molar-refractivity contribution in [3.8, 4) is 0 Å². The molecule has 0 bridgehead atoms. The first-order chi connectivity index (χ1) is 12.7. The van der Waals surface area contributed by atoms with E-state index in [-0.39, 0.29) is 5.91 Å². The molecule has 0 unspecified atom stereocenters. The van der Waals surface area contributed by atoms with Gasteiger partial charge in [-0.05, 0) is 29.8 Å². The number of aromatic nitrogens is 1. The van der Waals surface area contributed by atoms with Crippen molar-refractivity contribution < 1.29 is 9.59 Å². The van der Waals surface area contributed by atoms with Crippen LogP contribution in [0.3, 0.4) is 0 Å². The van der Waals surface area contributed by atoms with Crippen molar-refractivity contribution in [2.45, 2.75) is 13.0 Å². The number of nitrogens with zero attached hydrogens (tertiary/aromatic N) is 1. The van der Waals surface area contributed by atoms with Gasteiger partial charge in [-0.15, -0.1) is 11.3 Å². The lowest BCUT2D eigenvalue weighted by Gasteiger charge is -2.04. The first-order valence-corrected chi connectivity index (χ1v) is 8.88. The van der Waals surface area contributed by atoms with Crippen molar-refractivity contribution in [3.05, 3.63) is 87.9 Å². The predicted molar refractivity (Wildman–Crippen MR) is 103 cm³/mol. The Kier molecular flexibility index (Phi) is 5.93. The summed E-state index contributed by atoms with van der Waals surface area (Å²) in [7, 11) is 0. The maximum Gasteiger partial charge on any atom is 0.253 e. The summed E-state index contributed by atoms with van der Waals surface area (Å²) >= 11 is 1.70. The van der Waals surface area contributed by atoms with E-state index in [1.54, 1.807) is 29.4 Å². The number of nitrogens with one attached hydrogen (secondary N) is 2. The van der Waals surface area contributed by atoms with E-state index < -0.39 is 0 Å². The fourth-order valence-electron chi connectivity index (χ4n) is 2.40. The molecule has 2 aromatic heterocycles. The number of carbonyl (C=O) groups excluding carboxylic acids is 2. The molecule has 0 saturated heterocycles. The standard InChI is InChI=1S/C20H17N3O2S/c24-11-10-21-19-9-6-16(13-22-19)20(25)23-14-18-8-7-17(26-18)12-15-4-2-1-3-5-15/h1-10,13H,12,14H2,(H,21,22)(H,23,25). The van der Waals surface area contributed by atoms with Gasteiger partial charge < -0.3 is 10.6 Å². The molecule has 0 aliphatic carbocycles. The van der Waals surface area contributed by atoms with Gasteiger partial charge in [0.25, 0.3) is 5.91 Å². The Morgan fingerprint density at radius 1 is 1.08 bits per heavy atom. The molecular formula is C20H17N3O2S. The second-order valence-corrected chi connectivity index (χ2v) is 6.80. The molecule has 1 aromatic carbocycles. The summed E-state index contributed by atoms with van der Waals surface area (Å²) < 4.78 is 0. The molecule has 2 N–H and O–H groups in total. The van der Waals surface area contributed by atoms with E-state index in [9.17, 15) is 9.59 Å². The summed E-state index contributed by atoms with van der Waals surface area (Å²) in [6.07, 6.45) is 3.48. The second kappa shape index (κ2) is 8.76. The van der Waals surface area contributed by atoms with Crippen molar-refractivity contribution in [3.63, 3.8) is 0 Å². The Labute approximate surface area is 155 Å². The summed E-state index contributed by atoms with van der Waals surface area (Å²) in [4.78, 5) is 28.8. The fourth-order valence-corrected chi connectivity index (χ4v) is 3.39. The minimum Gasteiger partial charge on any atom is -0.347 e. The molecule has 0 aliphatic rings.